The summed E-state index contributed by atoms with van der Waals surface area (Å²) in [5.41, 5.74) is -0.216. The number of nitrogens with one attached hydrogen (secondary N) is 1. The lowest BCUT2D eigenvalue weighted by atomic mass is 9.78. The summed E-state index contributed by atoms with van der Waals surface area (Å²) >= 11 is 0. The van der Waals surface area contributed by atoms with Gasteiger partial charge < -0.3 is 10.1 Å². The van der Waals surface area contributed by atoms with Crippen molar-refractivity contribution in [3.8, 4) is 0 Å². The van der Waals surface area contributed by atoms with Gasteiger partial charge in [-0.15, -0.1) is 0 Å². The van der Waals surface area contributed by atoms with Gasteiger partial charge in [0.1, 0.15) is 0 Å². The minimum absolute atomic E-state index is 0.0429. The highest BCUT2D eigenvalue weighted by atomic mass is 16.5. The molecule has 0 spiro atoms. The quantitative estimate of drug-likeness (QED) is 0.781. The van der Waals surface area contributed by atoms with E-state index in [4.69, 9.17) is 4.74 Å². The number of benzene rings is 1. The third kappa shape index (κ3) is 4.49. The summed E-state index contributed by atoms with van der Waals surface area (Å²) in [6, 6.07) is 6.69. The highest BCUT2D eigenvalue weighted by molar-refractivity contribution is 6.02. The van der Waals surface area contributed by atoms with Crippen LogP contribution in [-0.2, 0) is 9.53 Å². The van der Waals surface area contributed by atoms with Crippen LogP contribution in [0, 0.1) is 11.8 Å². The number of rotatable bonds is 5. The lowest BCUT2D eigenvalue weighted by molar-refractivity contribution is -0.125. The first kappa shape index (κ1) is 21.0. The van der Waals surface area contributed by atoms with Crippen molar-refractivity contribution in [2.45, 2.75) is 59.0 Å². The number of amides is 1. The molecular weight excluding hydrogens is 370 g/mol. The van der Waals surface area contributed by atoms with Gasteiger partial charge in [0, 0.05) is 11.4 Å². The minimum atomic E-state index is -0.712. The summed E-state index contributed by atoms with van der Waals surface area (Å²) in [6.07, 6.45) is 3.20. The lowest BCUT2D eigenvalue weighted by Crippen LogP contribution is -2.45. The van der Waals surface area contributed by atoms with Gasteiger partial charge in [-0.25, -0.2) is 9.48 Å². The Kier molecular flexibility index (Phi) is 6.35. The first-order valence-electron chi connectivity index (χ1n) is 10.3. The summed E-state index contributed by atoms with van der Waals surface area (Å²) in [5.74, 6) is -0.0746. The molecule has 7 nitrogen and oxygen atoms in total. The Labute approximate surface area is 170 Å². The largest absolute Gasteiger partial charge is 0.451 e. The van der Waals surface area contributed by atoms with Crippen LogP contribution in [0.5, 0.6) is 0 Å². The van der Waals surface area contributed by atoms with Crippen LogP contribution in [0.4, 0.5) is 0 Å². The van der Waals surface area contributed by atoms with Crippen molar-refractivity contribution in [2.75, 3.05) is 6.61 Å². The molecule has 1 amide bonds. The average Bonchev–Trinajstić information content (AvgIpc) is 2.70. The van der Waals surface area contributed by atoms with Gasteiger partial charge in [0.15, 0.2) is 12.3 Å². The van der Waals surface area contributed by atoms with E-state index >= 15 is 0 Å². The van der Waals surface area contributed by atoms with Crippen molar-refractivity contribution in [3.63, 3.8) is 0 Å². The van der Waals surface area contributed by atoms with Gasteiger partial charge in [-0.2, -0.15) is 5.10 Å². The van der Waals surface area contributed by atoms with Crippen LogP contribution in [0.25, 0.3) is 10.8 Å². The molecule has 3 unspecified atom stereocenters. The van der Waals surface area contributed by atoms with E-state index in [1.165, 1.54) is 11.1 Å². The molecule has 29 heavy (non-hydrogen) atoms. The van der Waals surface area contributed by atoms with Gasteiger partial charge >= 0.3 is 5.97 Å². The fourth-order valence-corrected chi connectivity index (χ4v) is 3.94. The molecule has 1 saturated carbocycles. The van der Waals surface area contributed by atoms with Gasteiger partial charge in [0.05, 0.1) is 11.4 Å². The van der Waals surface area contributed by atoms with Crippen LogP contribution in [0.1, 0.15) is 63.5 Å². The fourth-order valence-electron chi connectivity index (χ4n) is 3.94. The number of aromatic nitrogens is 2. The van der Waals surface area contributed by atoms with Crippen LogP contribution in [0.15, 0.2) is 29.1 Å². The number of hydrogen-bond acceptors (Lipinski definition) is 5. The van der Waals surface area contributed by atoms with Crippen LogP contribution in [0.3, 0.4) is 0 Å². The maximum atomic E-state index is 12.7. The standard InChI is InChI=1S/C22H29N3O4/c1-13(2)25-21(27)17-10-6-5-9-16(17)20(24-25)22(28)29-12-19(26)23-18-11-7-8-14(3)15(18)4/h5-6,9-10,13-15,18H,7-8,11-12H2,1-4H3,(H,23,26). The summed E-state index contributed by atoms with van der Waals surface area (Å²) in [7, 11) is 0. The Morgan fingerprint density at radius 1 is 1.21 bits per heavy atom. The molecule has 1 aliphatic carbocycles. The second-order valence-electron chi connectivity index (χ2n) is 8.26. The Bertz CT molecular complexity index is 966. The van der Waals surface area contributed by atoms with Crippen LogP contribution in [0.2, 0.25) is 0 Å². The third-order valence-electron chi connectivity index (χ3n) is 5.90. The Balaban J connectivity index is 1.74. The summed E-state index contributed by atoms with van der Waals surface area (Å²) < 4.78 is 6.52. The Morgan fingerprint density at radius 3 is 2.59 bits per heavy atom. The van der Waals surface area contributed by atoms with E-state index < -0.39 is 5.97 Å². The molecule has 0 saturated heterocycles. The second kappa shape index (κ2) is 8.76. The van der Waals surface area contributed by atoms with Gasteiger partial charge in [-0.05, 0) is 38.2 Å². The van der Waals surface area contributed by atoms with E-state index in [-0.39, 0.29) is 35.9 Å². The number of ether oxygens (including phenoxy) is 1. The normalized spacial score (nSPS) is 21.9. The van der Waals surface area contributed by atoms with Gasteiger partial charge in [0.2, 0.25) is 0 Å². The van der Waals surface area contributed by atoms with Crippen molar-refractivity contribution >= 4 is 22.6 Å². The Hall–Kier alpha value is -2.70. The predicted molar refractivity (Wildman–Crippen MR) is 111 cm³/mol. The van der Waals surface area contributed by atoms with E-state index in [0.29, 0.717) is 22.6 Å². The highest BCUT2D eigenvalue weighted by Gasteiger charge is 2.28. The number of hydrogen-bond donors (Lipinski definition) is 1. The number of nitrogens with zero attached hydrogens (tertiary/aromatic N) is 2. The van der Waals surface area contributed by atoms with E-state index in [9.17, 15) is 14.4 Å². The summed E-state index contributed by atoms with van der Waals surface area (Å²) in [4.78, 5) is 37.6. The van der Waals surface area contributed by atoms with Crippen molar-refractivity contribution in [3.05, 3.63) is 40.3 Å². The maximum Gasteiger partial charge on any atom is 0.359 e. The van der Waals surface area contributed by atoms with Crippen molar-refractivity contribution in [1.82, 2.24) is 15.1 Å². The zero-order valence-electron chi connectivity index (χ0n) is 17.5. The summed E-state index contributed by atoms with van der Waals surface area (Å²) in [6.45, 7) is 7.61. The second-order valence-corrected chi connectivity index (χ2v) is 8.26. The number of fused-ring (bicyclic) bond motifs is 1. The highest BCUT2D eigenvalue weighted by Crippen LogP contribution is 2.29. The number of esters is 1. The molecule has 156 valence electrons. The molecule has 0 bridgehead atoms. The first-order chi connectivity index (χ1) is 13.8. The van der Waals surface area contributed by atoms with Crippen LogP contribution < -0.4 is 10.9 Å². The molecule has 1 aromatic heterocycles. The molecular formula is C22H29N3O4. The van der Waals surface area contributed by atoms with Crippen molar-refractivity contribution in [1.29, 1.82) is 0 Å². The zero-order chi connectivity index (χ0) is 21.1. The molecule has 1 fully saturated rings. The topological polar surface area (TPSA) is 90.3 Å². The maximum absolute atomic E-state index is 12.7. The fraction of sp³-hybridized carbons (Fsp3) is 0.545. The van der Waals surface area contributed by atoms with Gasteiger partial charge in [0.25, 0.3) is 11.5 Å². The van der Waals surface area contributed by atoms with Crippen LogP contribution >= 0.6 is 0 Å². The van der Waals surface area contributed by atoms with Crippen LogP contribution in [-0.4, -0.2) is 34.3 Å². The van der Waals surface area contributed by atoms with E-state index in [1.54, 1.807) is 24.3 Å². The molecule has 0 aliphatic heterocycles. The van der Waals surface area contributed by atoms with E-state index in [1.807, 2.05) is 13.8 Å². The predicted octanol–water partition coefficient (Wildman–Crippen LogP) is 3.08. The monoisotopic (exact) mass is 399 g/mol. The summed E-state index contributed by atoms with van der Waals surface area (Å²) in [5, 5.41) is 8.03. The molecule has 1 aromatic carbocycles. The van der Waals surface area contributed by atoms with Gasteiger partial charge in [-0.3, -0.25) is 9.59 Å². The van der Waals surface area contributed by atoms with E-state index in [0.717, 1.165) is 12.8 Å². The average molecular weight is 399 g/mol. The molecule has 2 aromatic rings. The van der Waals surface area contributed by atoms with Crippen molar-refractivity contribution < 1.29 is 14.3 Å². The molecule has 1 aliphatic rings. The molecule has 3 atom stereocenters. The molecule has 7 heteroatoms. The number of carbonyl (C=O) groups excluding carboxylic acids is 2. The molecule has 1 N–H and O–H groups in total. The smallest absolute Gasteiger partial charge is 0.359 e. The number of carbonyl (C=O) groups is 2. The third-order valence-corrected chi connectivity index (χ3v) is 5.90. The first-order valence-corrected chi connectivity index (χ1v) is 10.3. The Morgan fingerprint density at radius 2 is 1.90 bits per heavy atom. The minimum Gasteiger partial charge on any atom is -0.451 e. The van der Waals surface area contributed by atoms with Crippen molar-refractivity contribution in [2.24, 2.45) is 11.8 Å². The molecule has 0 radical (unpaired) electrons. The zero-order valence-corrected chi connectivity index (χ0v) is 17.5. The van der Waals surface area contributed by atoms with E-state index in [2.05, 4.69) is 24.3 Å². The molecule has 3 rings (SSSR count). The lowest BCUT2D eigenvalue weighted by Gasteiger charge is -2.34. The van der Waals surface area contributed by atoms with Gasteiger partial charge in [-0.1, -0.05) is 44.9 Å². The molecule has 1 heterocycles. The SMILES string of the molecule is CC1CCCC(NC(=O)COC(=O)c2nn(C(C)C)c(=O)c3ccccc23)C1C.